The Bertz CT molecular complexity index is 1200. The molecule has 1 heterocycles. The summed E-state index contributed by atoms with van der Waals surface area (Å²) in [5.41, 5.74) is 7.70. The van der Waals surface area contributed by atoms with Crippen LogP contribution >= 0.6 is 28.5 Å². The fourth-order valence-corrected chi connectivity index (χ4v) is 3.95. The number of halogens is 2. The van der Waals surface area contributed by atoms with Crippen LogP contribution in [0, 0.1) is 0 Å². The van der Waals surface area contributed by atoms with Crippen molar-refractivity contribution in [1.82, 2.24) is 9.55 Å². The van der Waals surface area contributed by atoms with Gasteiger partial charge in [-0.1, -0.05) is 88.4 Å². The van der Waals surface area contributed by atoms with Gasteiger partial charge < -0.3 is 4.57 Å². The number of fused-ring (bicyclic) bond motifs is 1. The van der Waals surface area contributed by atoms with Gasteiger partial charge >= 0.3 is 39.3 Å². The minimum absolute atomic E-state index is 0.389. The van der Waals surface area contributed by atoms with Crippen LogP contribution in [0.3, 0.4) is 0 Å². The molecule has 0 N–H and O–H groups in total. The second-order valence-corrected chi connectivity index (χ2v) is 13.4. The third-order valence-electron chi connectivity index (χ3n) is 5.61. The summed E-state index contributed by atoms with van der Waals surface area (Å²) in [5, 5.41) is 0. The van der Waals surface area contributed by atoms with E-state index in [2.05, 4.69) is 128 Å². The van der Waals surface area contributed by atoms with Gasteiger partial charge in [-0.05, 0) is 35.1 Å². The Labute approximate surface area is 217 Å². The van der Waals surface area contributed by atoms with Gasteiger partial charge in [0.2, 0.25) is 0 Å². The van der Waals surface area contributed by atoms with Crippen molar-refractivity contribution in [2.75, 3.05) is 0 Å². The van der Waals surface area contributed by atoms with E-state index in [9.17, 15) is 0 Å². The summed E-state index contributed by atoms with van der Waals surface area (Å²) in [4.78, 5) is 10.3. The van der Waals surface area contributed by atoms with Gasteiger partial charge in [0.15, 0.2) is 5.82 Å². The van der Waals surface area contributed by atoms with Gasteiger partial charge in [0.25, 0.3) is 0 Å². The molecule has 0 amide bonds. The molecule has 0 saturated heterocycles. The average Bonchev–Trinajstić information content (AvgIpc) is 3.14. The summed E-state index contributed by atoms with van der Waals surface area (Å²) in [6.07, 6.45) is 0. The maximum absolute atomic E-state index is 5.33. The number of nitrogens with zero attached hydrogens (tertiary/aromatic N) is 3. The van der Waals surface area contributed by atoms with Crippen molar-refractivity contribution < 1.29 is 10.9 Å². The summed E-state index contributed by atoms with van der Waals surface area (Å²) < 4.78 is 2.15. The van der Waals surface area contributed by atoms with Crippen LogP contribution in [0.2, 0.25) is 0 Å². The normalized spacial score (nSPS) is 11.8. The molecule has 0 aliphatic heterocycles. The molecule has 0 bridgehead atoms. The standard InChI is InChI=1S/C27H29N3.2BrH.Ni/c1-18(2)21-14-11-15-22(19(3)4)26(21)29-25(20-12-7-6-8-13-20)27-28-23-16-9-10-17-24(23)30(27)5;;;/h6-19H,1-5H3;2*1H;/q;;;+2/p-2. The summed E-state index contributed by atoms with van der Waals surface area (Å²) in [6, 6.07) is 25.2. The van der Waals surface area contributed by atoms with Crippen LogP contribution in [-0.4, -0.2) is 15.3 Å². The number of benzene rings is 3. The molecule has 0 aliphatic rings. The number of aryl methyl sites for hydroxylation is 1. The number of aromatic nitrogens is 2. The molecule has 0 spiro atoms. The van der Waals surface area contributed by atoms with Gasteiger partial charge in [0.1, 0.15) is 5.71 Å². The SMILES string of the molecule is CC(C)c1cccc(C(C)C)c1N=C(c1ccccc1)c1nc2ccccc2n1C.[Br][Ni][Br]. The number of imidazole rings is 1. The molecule has 0 aliphatic carbocycles. The van der Waals surface area contributed by atoms with Gasteiger partial charge in [0, 0.05) is 12.6 Å². The third kappa shape index (κ3) is 6.04. The van der Waals surface area contributed by atoms with E-state index in [4.69, 9.17) is 9.98 Å². The Morgan fingerprint density at radius 3 is 1.91 bits per heavy atom. The van der Waals surface area contributed by atoms with Crippen LogP contribution in [-0.2, 0) is 17.9 Å². The molecule has 0 atom stereocenters. The summed E-state index contributed by atoms with van der Waals surface area (Å²) in [6.45, 7) is 8.93. The summed E-state index contributed by atoms with van der Waals surface area (Å²) >= 11 is 6.00. The number of rotatable bonds is 5. The molecule has 4 rings (SSSR count). The molecule has 3 nitrogen and oxygen atoms in total. The second kappa shape index (κ2) is 12.1. The number of aliphatic imine (C=N–C) groups is 1. The molecule has 4 aromatic rings. The van der Waals surface area contributed by atoms with E-state index in [0.29, 0.717) is 11.8 Å². The zero-order valence-electron chi connectivity index (χ0n) is 19.5. The van der Waals surface area contributed by atoms with Crippen molar-refractivity contribution in [2.24, 2.45) is 12.0 Å². The van der Waals surface area contributed by atoms with Crippen molar-refractivity contribution in [3.8, 4) is 0 Å². The minimum atomic E-state index is 0.389. The molecule has 176 valence electrons. The molecule has 0 radical (unpaired) electrons. The summed E-state index contributed by atoms with van der Waals surface area (Å²) in [5.74, 6) is 1.66. The van der Waals surface area contributed by atoms with Crippen molar-refractivity contribution in [3.63, 3.8) is 0 Å². The van der Waals surface area contributed by atoms with Gasteiger partial charge in [-0.2, -0.15) is 0 Å². The molecule has 0 unspecified atom stereocenters. The first kappa shape index (κ1) is 25.9. The van der Waals surface area contributed by atoms with Crippen molar-refractivity contribution in [1.29, 1.82) is 0 Å². The second-order valence-electron chi connectivity index (χ2n) is 8.45. The van der Waals surface area contributed by atoms with Crippen LogP contribution in [0.1, 0.15) is 62.0 Å². The van der Waals surface area contributed by atoms with E-state index < -0.39 is 0 Å². The van der Waals surface area contributed by atoms with E-state index in [1.807, 2.05) is 12.1 Å². The first-order chi connectivity index (χ1) is 15.9. The van der Waals surface area contributed by atoms with E-state index in [1.54, 1.807) is 0 Å². The van der Waals surface area contributed by atoms with Gasteiger partial charge in [-0.3, -0.25) is 0 Å². The topological polar surface area (TPSA) is 30.2 Å². The molecule has 1 aromatic heterocycles. The fourth-order valence-electron chi connectivity index (χ4n) is 3.95. The van der Waals surface area contributed by atoms with Crippen molar-refractivity contribution >= 4 is 50.9 Å². The van der Waals surface area contributed by atoms with Gasteiger partial charge in [0.05, 0.1) is 16.7 Å². The molecule has 3 aromatic carbocycles. The predicted octanol–water partition coefficient (Wildman–Crippen LogP) is 8.68. The first-order valence-electron chi connectivity index (χ1n) is 10.9. The van der Waals surface area contributed by atoms with Crippen LogP contribution in [0.4, 0.5) is 5.69 Å². The molecular formula is C27H29Br2N3Ni. The molecule has 33 heavy (non-hydrogen) atoms. The van der Waals surface area contributed by atoms with E-state index in [0.717, 1.165) is 33.8 Å². The number of para-hydroxylation sites is 3. The Morgan fingerprint density at radius 1 is 0.818 bits per heavy atom. The van der Waals surface area contributed by atoms with E-state index in [-0.39, 0.29) is 0 Å². The number of hydrogen-bond acceptors (Lipinski definition) is 2. The van der Waals surface area contributed by atoms with Crippen LogP contribution < -0.4 is 0 Å². The van der Waals surface area contributed by atoms with E-state index >= 15 is 0 Å². The Balaban J connectivity index is 0.000000968. The molecule has 0 fully saturated rings. The number of hydrogen-bond donors (Lipinski definition) is 0. The third-order valence-corrected chi connectivity index (χ3v) is 5.61. The predicted molar refractivity (Wildman–Crippen MR) is 145 cm³/mol. The Hall–Kier alpha value is -1.75. The van der Waals surface area contributed by atoms with Crippen molar-refractivity contribution in [3.05, 3.63) is 95.3 Å². The zero-order chi connectivity index (χ0) is 24.0. The summed E-state index contributed by atoms with van der Waals surface area (Å²) in [7, 11) is 3.32. The first-order valence-corrected chi connectivity index (χ1v) is 15.8. The molecule has 0 saturated carbocycles. The average molecular weight is 614 g/mol. The van der Waals surface area contributed by atoms with Crippen molar-refractivity contribution in [2.45, 2.75) is 39.5 Å². The van der Waals surface area contributed by atoms with Crippen LogP contribution in [0.15, 0.2) is 77.8 Å². The monoisotopic (exact) mass is 611 g/mol. The maximum atomic E-state index is 5.33. The molecular weight excluding hydrogens is 585 g/mol. The van der Waals surface area contributed by atoms with Crippen LogP contribution in [0.25, 0.3) is 11.0 Å². The van der Waals surface area contributed by atoms with Gasteiger partial charge in [-0.25, -0.2) is 9.98 Å². The Morgan fingerprint density at radius 2 is 1.36 bits per heavy atom. The quantitative estimate of drug-likeness (QED) is 0.164. The molecule has 6 heteroatoms. The Kier molecular flexibility index (Phi) is 9.49. The zero-order valence-corrected chi connectivity index (χ0v) is 23.7. The van der Waals surface area contributed by atoms with Crippen LogP contribution in [0.5, 0.6) is 0 Å². The van der Waals surface area contributed by atoms with E-state index in [1.165, 1.54) is 22.0 Å². The van der Waals surface area contributed by atoms with Gasteiger partial charge in [-0.15, -0.1) is 0 Å². The fraction of sp³-hybridized carbons (Fsp3) is 0.259.